The van der Waals surface area contributed by atoms with E-state index < -0.39 is 56.8 Å². The zero-order valence-electron chi connectivity index (χ0n) is 39.8. The number of methoxy groups -OCH3 is 2. The molecule has 9 rings (SSSR count). The minimum absolute atomic E-state index is 0. The van der Waals surface area contributed by atoms with Gasteiger partial charge in [-0.2, -0.15) is 0 Å². The third-order valence-corrected chi connectivity index (χ3v) is 14.8. The van der Waals surface area contributed by atoms with Crippen molar-refractivity contribution in [2.45, 2.75) is 98.0 Å². The average Bonchev–Trinajstić information content (AvgIpc) is 4.24. The van der Waals surface area contributed by atoms with Crippen LogP contribution in [0.1, 0.15) is 113 Å². The number of ether oxygens (including phenoxy) is 3. The average molecular weight is 1050 g/mol. The number of aromatic nitrogens is 2. The Labute approximate surface area is 433 Å². The summed E-state index contributed by atoms with van der Waals surface area (Å²) in [7, 11) is 3.23. The smallest absolute Gasteiger partial charge is 0.275 e. The molecule has 2 amide bonds. The topological polar surface area (TPSA) is 167 Å². The minimum atomic E-state index is -0.891. The Hall–Kier alpha value is -6.20. The van der Waals surface area contributed by atoms with E-state index in [1.54, 1.807) is 46.8 Å². The molecule has 0 saturated heterocycles. The number of aromatic hydroxyl groups is 1. The van der Waals surface area contributed by atoms with Crippen molar-refractivity contribution < 1.29 is 47.3 Å². The van der Waals surface area contributed by atoms with Gasteiger partial charge < -0.3 is 38.3 Å². The fourth-order valence-corrected chi connectivity index (χ4v) is 10.8. The first-order chi connectivity index (χ1) is 34.0. The van der Waals surface area contributed by atoms with E-state index in [0.717, 1.165) is 18.4 Å². The number of halogens is 4. The van der Waals surface area contributed by atoms with Crippen LogP contribution < -0.4 is 15.6 Å². The molecule has 4 heterocycles. The van der Waals surface area contributed by atoms with Crippen LogP contribution in [0.15, 0.2) is 88.7 Å². The standard InChI is InChI=1S/C30H30ClFN2O5.C23H24ClFN2O5.2CH4/c1-3-34-29(37)26-28(39-16-19-8-5-4-6-9-19)27(36)22(15-33(26)18-30(34)14-21(30)17-38-2)24(35)13-12-20-10-7-11-23(31)25(20)32;1-3-27-22(31)19-21(30)20(29)15(10-26(19)12-23(27)9-14(23)11-32-2)17(28)8-7-13-5-4-6-16(24)18(13)25;;/h4-11,15,21H,3,12-14,16-18H2,1-2H3;4-6,10,14,30H,3,7-9,11-12H2,1-2H3;2*1H4/t21-,30-;14-,23-;;/m11../s1. The van der Waals surface area contributed by atoms with Gasteiger partial charge in [0, 0.05) is 77.5 Å². The maximum absolute atomic E-state index is 14.4. The second kappa shape index (κ2) is 22.9. The lowest BCUT2D eigenvalue weighted by molar-refractivity contribution is 0.0481. The normalized spacial score (nSPS) is 20.1. The molecule has 14 nitrogen and oxygen atoms in total. The molecule has 2 aromatic heterocycles. The summed E-state index contributed by atoms with van der Waals surface area (Å²) in [4.78, 5) is 83.0. The maximum Gasteiger partial charge on any atom is 0.275 e. The highest BCUT2D eigenvalue weighted by Gasteiger charge is 2.63. The summed E-state index contributed by atoms with van der Waals surface area (Å²) in [6.07, 6.45) is 4.22. The Morgan fingerprint density at radius 2 is 1.12 bits per heavy atom. The van der Waals surface area contributed by atoms with Gasteiger partial charge in [-0.25, -0.2) is 8.78 Å². The summed E-state index contributed by atoms with van der Waals surface area (Å²) in [5, 5.41) is 10.5. The van der Waals surface area contributed by atoms with Crippen LogP contribution in [0, 0.1) is 23.5 Å². The summed E-state index contributed by atoms with van der Waals surface area (Å²) in [6, 6.07) is 18.4. The predicted octanol–water partition coefficient (Wildman–Crippen LogP) is 9.23. The van der Waals surface area contributed by atoms with Gasteiger partial charge >= 0.3 is 0 Å². The van der Waals surface area contributed by atoms with Crippen LogP contribution in [-0.2, 0) is 42.0 Å². The quantitative estimate of drug-likeness (QED) is 0.0888. The molecule has 3 aromatic carbocycles. The lowest BCUT2D eigenvalue weighted by Crippen LogP contribution is -2.52. The van der Waals surface area contributed by atoms with Crippen LogP contribution in [0.4, 0.5) is 8.78 Å². The molecule has 2 saturated carbocycles. The fraction of sp³-hybridized carbons (Fsp3) is 0.418. The summed E-state index contributed by atoms with van der Waals surface area (Å²) >= 11 is 11.7. The van der Waals surface area contributed by atoms with Gasteiger partial charge in [-0.15, -0.1) is 0 Å². The van der Waals surface area contributed by atoms with Gasteiger partial charge in [0.1, 0.15) is 18.2 Å². The minimum Gasteiger partial charge on any atom is -0.503 e. The number of aryl methyl sites for hydroxylation is 2. The summed E-state index contributed by atoms with van der Waals surface area (Å²) in [5.74, 6) is -3.49. The number of rotatable bonds is 17. The lowest BCUT2D eigenvalue weighted by Gasteiger charge is -2.39. The monoisotopic (exact) mass is 1050 g/mol. The highest BCUT2D eigenvalue weighted by molar-refractivity contribution is 6.31. The van der Waals surface area contributed by atoms with Gasteiger partial charge in [-0.05, 0) is 68.4 Å². The van der Waals surface area contributed by atoms with E-state index in [4.69, 9.17) is 37.4 Å². The highest BCUT2D eigenvalue weighted by atomic mass is 35.5. The molecule has 18 heteroatoms. The predicted molar refractivity (Wildman–Crippen MR) is 274 cm³/mol. The Morgan fingerprint density at radius 1 is 0.671 bits per heavy atom. The van der Waals surface area contributed by atoms with Crippen molar-refractivity contribution in [2.75, 3.05) is 40.5 Å². The molecule has 0 unspecified atom stereocenters. The van der Waals surface area contributed by atoms with Crippen molar-refractivity contribution in [1.82, 2.24) is 18.9 Å². The third kappa shape index (κ3) is 10.6. The first kappa shape index (κ1) is 56.1. The molecule has 390 valence electrons. The van der Waals surface area contributed by atoms with E-state index in [2.05, 4.69) is 0 Å². The van der Waals surface area contributed by atoms with Crippen molar-refractivity contribution in [3.8, 4) is 11.5 Å². The second-order valence-corrected chi connectivity index (χ2v) is 19.3. The van der Waals surface area contributed by atoms with Crippen molar-refractivity contribution >= 4 is 46.6 Å². The number of carbonyl (C=O) groups is 4. The van der Waals surface area contributed by atoms with Crippen LogP contribution in [0.5, 0.6) is 11.5 Å². The second-order valence-electron chi connectivity index (χ2n) is 18.4. The van der Waals surface area contributed by atoms with Crippen LogP contribution in [0.2, 0.25) is 10.0 Å². The third-order valence-electron chi connectivity index (χ3n) is 14.3. The Kier molecular flexibility index (Phi) is 17.6. The van der Waals surface area contributed by atoms with Gasteiger partial charge in [0.2, 0.25) is 10.9 Å². The Bertz CT molecular complexity index is 3040. The molecule has 2 aliphatic heterocycles. The lowest BCUT2D eigenvalue weighted by atomic mass is 10.00. The summed E-state index contributed by atoms with van der Waals surface area (Å²) in [6.45, 7) is 6.48. The molecule has 0 bridgehead atoms. The van der Waals surface area contributed by atoms with Gasteiger partial charge in [0.25, 0.3) is 11.8 Å². The summed E-state index contributed by atoms with van der Waals surface area (Å²) in [5.41, 5.74) is -1.32. The number of hydrogen-bond acceptors (Lipinski definition) is 10. The maximum atomic E-state index is 14.4. The number of likely N-dealkylation sites (N-methyl/N-ethyl adjacent to an activating group) is 2. The van der Waals surface area contributed by atoms with Crippen LogP contribution in [0.3, 0.4) is 0 Å². The molecular weight excluding hydrogens is 986 g/mol. The molecule has 73 heavy (non-hydrogen) atoms. The first-order valence-corrected chi connectivity index (χ1v) is 24.3. The summed E-state index contributed by atoms with van der Waals surface area (Å²) < 4.78 is 48.4. The van der Waals surface area contributed by atoms with Crippen LogP contribution in [0.25, 0.3) is 0 Å². The van der Waals surface area contributed by atoms with Gasteiger partial charge in [-0.3, -0.25) is 28.8 Å². The number of benzene rings is 3. The van der Waals surface area contributed by atoms with E-state index >= 15 is 0 Å². The number of hydrogen-bond donors (Lipinski definition) is 1. The largest absolute Gasteiger partial charge is 0.503 e. The number of pyridine rings is 2. The zero-order valence-corrected chi connectivity index (χ0v) is 41.3. The highest BCUT2D eigenvalue weighted by Crippen LogP contribution is 2.54. The zero-order chi connectivity index (χ0) is 50.9. The van der Waals surface area contributed by atoms with E-state index in [0.29, 0.717) is 45.0 Å². The number of amides is 2. The molecular formula is C55H62Cl2F2N4O10. The number of Topliss-reactive ketones (excluding diaryl/α,β-unsaturated/α-hetero) is 2. The van der Waals surface area contributed by atoms with Crippen LogP contribution >= 0.6 is 23.2 Å². The molecule has 2 spiro atoms. The van der Waals surface area contributed by atoms with E-state index in [1.165, 1.54) is 35.2 Å². The molecule has 0 radical (unpaired) electrons. The fourth-order valence-electron chi connectivity index (χ4n) is 10.4. The molecule has 2 aliphatic carbocycles. The van der Waals surface area contributed by atoms with Crippen molar-refractivity contribution in [3.63, 3.8) is 0 Å². The number of nitrogens with zero attached hydrogens (tertiary/aromatic N) is 4. The van der Waals surface area contributed by atoms with Crippen molar-refractivity contribution in [3.05, 3.63) is 160 Å². The Balaban J connectivity index is 0.000000236. The SMILES string of the molecule is C.C.CCN1C(=O)c2c(O)c(=O)c(C(=O)CCc3cccc(Cl)c3F)cn2C[C@@]12C[C@@H]2COC.CCN1C(=O)c2c(OCc3ccccc3)c(=O)c(C(=O)CCc3cccc(Cl)c3F)cn2C[C@@]12C[C@@H]2COC. The van der Waals surface area contributed by atoms with Gasteiger partial charge in [-0.1, -0.05) is 92.7 Å². The van der Waals surface area contributed by atoms with Crippen LogP contribution in [-0.4, -0.2) is 99.0 Å². The van der Waals surface area contributed by atoms with E-state index in [-0.39, 0.29) is 109 Å². The van der Waals surface area contributed by atoms with E-state index in [9.17, 15) is 42.7 Å². The molecule has 1 N–H and O–H groups in total. The number of ketones is 2. The number of fused-ring (bicyclic) bond motifs is 2. The van der Waals surface area contributed by atoms with Crippen molar-refractivity contribution in [1.29, 1.82) is 0 Å². The van der Waals surface area contributed by atoms with Gasteiger partial charge in [0.15, 0.2) is 34.5 Å². The molecule has 2 fully saturated rings. The first-order valence-electron chi connectivity index (χ1n) is 23.5. The van der Waals surface area contributed by atoms with Crippen molar-refractivity contribution in [2.24, 2.45) is 11.8 Å². The molecule has 4 atom stereocenters. The van der Waals surface area contributed by atoms with Gasteiger partial charge in [0.05, 0.1) is 45.5 Å². The van der Waals surface area contributed by atoms with E-state index in [1.807, 2.05) is 44.2 Å². The number of carbonyl (C=O) groups excluding carboxylic acids is 4. The molecule has 5 aromatic rings. The Morgan fingerprint density at radius 3 is 1.59 bits per heavy atom. The molecule has 4 aliphatic rings.